The van der Waals surface area contributed by atoms with Gasteiger partial charge in [-0.2, -0.15) is 13.2 Å². The van der Waals surface area contributed by atoms with Gasteiger partial charge in [0, 0.05) is 11.2 Å². The van der Waals surface area contributed by atoms with Crippen LogP contribution in [0.2, 0.25) is 0 Å². The maximum Gasteiger partial charge on any atom is 0.449 e. The molecule has 1 saturated carbocycles. The smallest absolute Gasteiger partial charge is 0.399 e. The van der Waals surface area contributed by atoms with Gasteiger partial charge in [0.2, 0.25) is 5.82 Å². The molecule has 3 nitrogen and oxygen atoms in total. The van der Waals surface area contributed by atoms with E-state index in [0.29, 0.717) is 16.7 Å². The molecule has 2 aromatic rings. The lowest BCUT2D eigenvalue weighted by Crippen LogP contribution is -2.31. The molecule has 0 amide bonds. The minimum atomic E-state index is -4.46. The van der Waals surface area contributed by atoms with E-state index in [2.05, 4.69) is 4.98 Å². The summed E-state index contributed by atoms with van der Waals surface area (Å²) in [5, 5.41) is 0. The third-order valence-electron chi connectivity index (χ3n) is 4.15. The van der Waals surface area contributed by atoms with Crippen molar-refractivity contribution in [3.63, 3.8) is 0 Å². The molecule has 0 saturated heterocycles. The van der Waals surface area contributed by atoms with E-state index in [9.17, 15) is 13.2 Å². The molecule has 1 aromatic carbocycles. The van der Waals surface area contributed by atoms with Crippen LogP contribution in [0, 0.1) is 0 Å². The van der Waals surface area contributed by atoms with Crippen molar-refractivity contribution in [2.24, 2.45) is 0 Å². The number of imidazole rings is 1. The average molecular weight is 283 g/mol. The van der Waals surface area contributed by atoms with Gasteiger partial charge in [-0.1, -0.05) is 12.8 Å². The van der Waals surface area contributed by atoms with Gasteiger partial charge < -0.3 is 10.3 Å². The summed E-state index contributed by atoms with van der Waals surface area (Å²) in [6, 6.07) is 4.76. The van der Waals surface area contributed by atoms with Crippen LogP contribution in [0.5, 0.6) is 0 Å². The number of halogens is 3. The third-order valence-corrected chi connectivity index (χ3v) is 4.15. The fourth-order valence-corrected chi connectivity index (χ4v) is 3.19. The summed E-state index contributed by atoms with van der Waals surface area (Å²) in [6.45, 7) is 1.88. The molecule has 0 unspecified atom stereocenters. The number of fused-ring (bicyclic) bond motifs is 1. The molecule has 6 heteroatoms. The predicted octanol–water partition coefficient (Wildman–Crippen LogP) is 3.93. The quantitative estimate of drug-likeness (QED) is 0.806. The normalized spacial score (nSPS) is 18.8. The van der Waals surface area contributed by atoms with E-state index in [1.54, 1.807) is 12.1 Å². The van der Waals surface area contributed by atoms with Gasteiger partial charge in [0.25, 0.3) is 0 Å². The Kier molecular flexibility index (Phi) is 2.74. The summed E-state index contributed by atoms with van der Waals surface area (Å²) >= 11 is 0. The average Bonchev–Trinajstić information content (AvgIpc) is 2.92. The number of benzene rings is 1. The van der Waals surface area contributed by atoms with Gasteiger partial charge in [-0.3, -0.25) is 0 Å². The maximum absolute atomic E-state index is 13.3. The first-order valence-corrected chi connectivity index (χ1v) is 6.67. The molecule has 1 aromatic heterocycles. The van der Waals surface area contributed by atoms with Crippen molar-refractivity contribution in [3.8, 4) is 0 Å². The molecule has 1 heterocycles. The van der Waals surface area contributed by atoms with Crippen molar-refractivity contribution in [3.05, 3.63) is 24.0 Å². The second kappa shape index (κ2) is 4.14. The van der Waals surface area contributed by atoms with Crippen molar-refractivity contribution in [1.82, 2.24) is 9.55 Å². The van der Waals surface area contributed by atoms with E-state index >= 15 is 0 Å². The van der Waals surface area contributed by atoms with Crippen LogP contribution in [0.15, 0.2) is 18.2 Å². The van der Waals surface area contributed by atoms with Crippen LogP contribution in [0.3, 0.4) is 0 Å². The monoisotopic (exact) mass is 283 g/mol. The summed E-state index contributed by atoms with van der Waals surface area (Å²) in [4.78, 5) is 3.79. The van der Waals surface area contributed by atoms with Gasteiger partial charge in [0.15, 0.2) is 0 Å². The molecule has 3 rings (SSSR count). The molecule has 1 fully saturated rings. The Labute approximate surface area is 114 Å². The fourth-order valence-electron chi connectivity index (χ4n) is 3.19. The first kappa shape index (κ1) is 13.3. The molecule has 0 atom stereocenters. The zero-order valence-electron chi connectivity index (χ0n) is 11.2. The molecular weight excluding hydrogens is 267 g/mol. The molecular formula is C14H16F3N3. The zero-order chi connectivity index (χ0) is 14.5. The van der Waals surface area contributed by atoms with E-state index in [1.165, 1.54) is 10.6 Å². The van der Waals surface area contributed by atoms with Crippen LogP contribution in [0.25, 0.3) is 11.0 Å². The highest BCUT2D eigenvalue weighted by Crippen LogP contribution is 2.43. The van der Waals surface area contributed by atoms with Crippen molar-refractivity contribution in [2.45, 2.75) is 44.3 Å². The van der Waals surface area contributed by atoms with Crippen LogP contribution in [-0.4, -0.2) is 9.55 Å². The zero-order valence-corrected chi connectivity index (χ0v) is 11.2. The van der Waals surface area contributed by atoms with Gasteiger partial charge in [0.05, 0.1) is 11.0 Å². The summed E-state index contributed by atoms with van der Waals surface area (Å²) in [5.74, 6) is -0.817. The molecule has 2 N–H and O–H groups in total. The van der Waals surface area contributed by atoms with Crippen LogP contribution in [0.4, 0.5) is 18.9 Å². The number of nitrogen functional groups attached to an aromatic ring is 1. The number of aromatic nitrogens is 2. The van der Waals surface area contributed by atoms with Gasteiger partial charge in [0.1, 0.15) is 0 Å². The van der Waals surface area contributed by atoms with E-state index < -0.39 is 17.5 Å². The Bertz CT molecular complexity index is 651. The number of hydrogen-bond donors (Lipinski definition) is 1. The molecule has 0 bridgehead atoms. The van der Waals surface area contributed by atoms with Crippen molar-refractivity contribution < 1.29 is 13.2 Å². The Hall–Kier alpha value is -1.72. The highest BCUT2D eigenvalue weighted by atomic mass is 19.4. The molecule has 1 aliphatic carbocycles. The van der Waals surface area contributed by atoms with E-state index in [-0.39, 0.29) is 0 Å². The Balaban J connectivity index is 2.31. The Morgan fingerprint density at radius 2 is 1.90 bits per heavy atom. The third kappa shape index (κ3) is 1.94. The number of rotatable bonds is 1. The number of alkyl halides is 3. The SMILES string of the molecule is CC1(n2c(C(F)(F)F)nc3cc(N)ccc32)CCCC1. The summed E-state index contributed by atoms with van der Waals surface area (Å²) < 4.78 is 41.3. The molecule has 1 aliphatic rings. The highest BCUT2D eigenvalue weighted by molar-refractivity contribution is 5.80. The Morgan fingerprint density at radius 1 is 1.25 bits per heavy atom. The topological polar surface area (TPSA) is 43.8 Å². The minimum absolute atomic E-state index is 0.311. The molecule has 20 heavy (non-hydrogen) atoms. The first-order chi connectivity index (χ1) is 9.31. The van der Waals surface area contributed by atoms with E-state index in [1.807, 2.05) is 6.92 Å². The summed E-state index contributed by atoms with van der Waals surface area (Å²) in [6.07, 6.45) is -1.08. The van der Waals surface area contributed by atoms with Gasteiger partial charge in [-0.05, 0) is 38.0 Å². The lowest BCUT2D eigenvalue weighted by molar-refractivity contribution is -0.148. The van der Waals surface area contributed by atoms with Crippen LogP contribution in [-0.2, 0) is 11.7 Å². The predicted molar refractivity (Wildman–Crippen MR) is 71.3 cm³/mol. The molecule has 0 spiro atoms. The molecule has 0 aliphatic heterocycles. The summed E-state index contributed by atoms with van der Waals surface area (Å²) in [5.41, 5.74) is 6.37. The highest BCUT2D eigenvalue weighted by Gasteiger charge is 2.43. The van der Waals surface area contributed by atoms with Crippen molar-refractivity contribution >= 4 is 16.7 Å². The largest absolute Gasteiger partial charge is 0.449 e. The molecule has 0 radical (unpaired) electrons. The lowest BCUT2D eigenvalue weighted by Gasteiger charge is -2.29. The van der Waals surface area contributed by atoms with Crippen LogP contribution in [0.1, 0.15) is 38.4 Å². The van der Waals surface area contributed by atoms with Crippen molar-refractivity contribution in [1.29, 1.82) is 0 Å². The molecule has 108 valence electrons. The second-order valence-corrected chi connectivity index (χ2v) is 5.72. The number of nitrogens with zero attached hydrogens (tertiary/aromatic N) is 2. The van der Waals surface area contributed by atoms with E-state index in [0.717, 1.165) is 25.7 Å². The van der Waals surface area contributed by atoms with Gasteiger partial charge in [-0.25, -0.2) is 4.98 Å². The Morgan fingerprint density at radius 3 is 2.50 bits per heavy atom. The maximum atomic E-state index is 13.3. The van der Waals surface area contributed by atoms with Gasteiger partial charge in [-0.15, -0.1) is 0 Å². The number of nitrogens with two attached hydrogens (primary N) is 1. The summed E-state index contributed by atoms with van der Waals surface area (Å²) in [7, 11) is 0. The standard InChI is InChI=1S/C14H16F3N3/c1-13(6-2-3-7-13)20-11-5-4-9(18)8-10(11)19-12(20)14(15,16)17/h4-5,8H,2-3,6-7,18H2,1H3. The minimum Gasteiger partial charge on any atom is -0.399 e. The van der Waals surface area contributed by atoms with E-state index in [4.69, 9.17) is 5.73 Å². The van der Waals surface area contributed by atoms with Crippen LogP contribution >= 0.6 is 0 Å². The van der Waals surface area contributed by atoms with Crippen LogP contribution < -0.4 is 5.73 Å². The lowest BCUT2D eigenvalue weighted by atomic mass is 9.99. The van der Waals surface area contributed by atoms with Gasteiger partial charge >= 0.3 is 6.18 Å². The van der Waals surface area contributed by atoms with Crippen molar-refractivity contribution in [2.75, 3.05) is 5.73 Å². The number of hydrogen-bond acceptors (Lipinski definition) is 2. The fraction of sp³-hybridized carbons (Fsp3) is 0.500. The second-order valence-electron chi connectivity index (χ2n) is 5.72. The number of anilines is 1. The first-order valence-electron chi connectivity index (χ1n) is 6.67.